The molecule has 1 aromatic heterocycles. The van der Waals surface area contributed by atoms with Crippen LogP contribution < -0.4 is 5.32 Å². The second kappa shape index (κ2) is 5.63. The molecule has 19 heavy (non-hydrogen) atoms. The normalized spacial score (nSPS) is 10.5. The van der Waals surface area contributed by atoms with Gasteiger partial charge in [-0.15, -0.1) is 0 Å². The Hall–Kier alpha value is -2.89. The molecule has 0 radical (unpaired) electrons. The van der Waals surface area contributed by atoms with Crippen molar-refractivity contribution >= 4 is 23.8 Å². The smallest absolute Gasteiger partial charge is 0.328 e. The number of carbonyl (C=O) groups is 2. The molecule has 96 valence electrons. The molecule has 0 unspecified atom stereocenters. The Morgan fingerprint density at radius 1 is 1.21 bits per heavy atom. The Kier molecular flexibility index (Phi) is 3.72. The lowest BCUT2D eigenvalue weighted by Gasteiger charge is -2.01. The molecule has 2 rings (SSSR count). The first-order valence-electron chi connectivity index (χ1n) is 5.38. The highest BCUT2D eigenvalue weighted by atomic mass is 16.5. The monoisotopic (exact) mass is 258 g/mol. The maximum Gasteiger partial charge on any atom is 0.328 e. The molecule has 2 N–H and O–H groups in total. The van der Waals surface area contributed by atoms with Gasteiger partial charge in [0.15, 0.2) is 5.82 Å². The topological polar surface area (TPSA) is 92.4 Å². The zero-order valence-corrected chi connectivity index (χ0v) is 9.74. The van der Waals surface area contributed by atoms with Crippen molar-refractivity contribution in [3.8, 4) is 0 Å². The van der Waals surface area contributed by atoms with Gasteiger partial charge in [0.1, 0.15) is 6.26 Å². The van der Waals surface area contributed by atoms with Crippen LogP contribution in [0.1, 0.15) is 15.9 Å². The highest BCUT2D eigenvalue weighted by Gasteiger charge is 2.07. The number of hydrogen-bond donors (Lipinski definition) is 2. The van der Waals surface area contributed by atoms with Crippen molar-refractivity contribution in [2.24, 2.45) is 0 Å². The van der Waals surface area contributed by atoms with Crippen molar-refractivity contribution in [3.63, 3.8) is 0 Å². The molecule has 6 nitrogen and oxygen atoms in total. The van der Waals surface area contributed by atoms with Crippen LogP contribution in [0, 0.1) is 0 Å². The number of amides is 1. The van der Waals surface area contributed by atoms with Gasteiger partial charge in [0.25, 0.3) is 5.91 Å². The van der Waals surface area contributed by atoms with Gasteiger partial charge in [-0.2, -0.15) is 0 Å². The molecule has 0 spiro atoms. The van der Waals surface area contributed by atoms with Crippen molar-refractivity contribution in [3.05, 3.63) is 53.8 Å². The summed E-state index contributed by atoms with van der Waals surface area (Å²) in [5.74, 6) is -1.00. The van der Waals surface area contributed by atoms with E-state index in [9.17, 15) is 9.59 Å². The third-order valence-electron chi connectivity index (χ3n) is 2.27. The predicted octanol–water partition coefficient (Wildman–Crippen LogP) is 2.02. The Balaban J connectivity index is 2.05. The van der Waals surface area contributed by atoms with Crippen LogP contribution in [0.25, 0.3) is 6.08 Å². The standard InChI is InChI=1S/C13H10N2O4/c16-12(17)6-3-9-1-4-10(5-2-9)13(18)14-11-7-8-19-15-11/h1-8H,(H,16,17)(H,14,15,18). The molecular formula is C13H10N2O4. The van der Waals surface area contributed by atoms with Crippen LogP contribution in [-0.4, -0.2) is 22.1 Å². The molecule has 1 aromatic carbocycles. The number of aliphatic carboxylic acids is 1. The van der Waals surface area contributed by atoms with Crippen molar-refractivity contribution in [1.29, 1.82) is 0 Å². The van der Waals surface area contributed by atoms with Gasteiger partial charge in [0.05, 0.1) is 0 Å². The molecule has 2 aromatic rings. The highest BCUT2D eigenvalue weighted by molar-refractivity contribution is 6.03. The van der Waals surface area contributed by atoms with Crippen LogP contribution >= 0.6 is 0 Å². The highest BCUT2D eigenvalue weighted by Crippen LogP contribution is 2.09. The van der Waals surface area contributed by atoms with Gasteiger partial charge in [-0.25, -0.2) is 4.79 Å². The van der Waals surface area contributed by atoms with Gasteiger partial charge in [0, 0.05) is 17.7 Å². The lowest BCUT2D eigenvalue weighted by molar-refractivity contribution is -0.131. The first-order valence-corrected chi connectivity index (χ1v) is 5.38. The van der Waals surface area contributed by atoms with Gasteiger partial charge in [0.2, 0.25) is 0 Å². The summed E-state index contributed by atoms with van der Waals surface area (Å²) in [6.45, 7) is 0. The molecule has 0 saturated heterocycles. The van der Waals surface area contributed by atoms with Crippen molar-refractivity contribution in [2.75, 3.05) is 5.32 Å². The first kappa shape index (κ1) is 12.6. The molecule has 0 aliphatic rings. The molecular weight excluding hydrogens is 248 g/mol. The maximum absolute atomic E-state index is 11.8. The third-order valence-corrected chi connectivity index (χ3v) is 2.27. The number of carbonyl (C=O) groups excluding carboxylic acids is 1. The number of benzene rings is 1. The number of nitrogens with one attached hydrogen (secondary N) is 1. The summed E-state index contributed by atoms with van der Waals surface area (Å²) >= 11 is 0. The largest absolute Gasteiger partial charge is 0.478 e. The lowest BCUT2D eigenvalue weighted by Crippen LogP contribution is -2.11. The summed E-state index contributed by atoms with van der Waals surface area (Å²) in [6, 6.07) is 8.02. The second-order valence-corrected chi connectivity index (χ2v) is 3.63. The molecule has 0 bridgehead atoms. The molecule has 0 aliphatic heterocycles. The van der Waals surface area contributed by atoms with E-state index < -0.39 is 5.97 Å². The summed E-state index contributed by atoms with van der Waals surface area (Å²) in [6.07, 6.45) is 3.83. The van der Waals surface area contributed by atoms with Gasteiger partial charge < -0.3 is 14.9 Å². The van der Waals surface area contributed by atoms with Gasteiger partial charge in [-0.1, -0.05) is 17.3 Å². The van der Waals surface area contributed by atoms with E-state index in [1.807, 2.05) is 0 Å². The van der Waals surface area contributed by atoms with Crippen LogP contribution in [0.5, 0.6) is 0 Å². The number of anilines is 1. The van der Waals surface area contributed by atoms with Crippen LogP contribution in [0.15, 0.2) is 47.2 Å². The minimum Gasteiger partial charge on any atom is -0.478 e. The Morgan fingerprint density at radius 2 is 1.95 bits per heavy atom. The van der Waals surface area contributed by atoms with Gasteiger partial charge in [-0.3, -0.25) is 4.79 Å². The maximum atomic E-state index is 11.8. The van der Waals surface area contributed by atoms with Gasteiger partial charge >= 0.3 is 5.97 Å². The van der Waals surface area contributed by atoms with Crippen LogP contribution in [0.3, 0.4) is 0 Å². The van der Waals surface area contributed by atoms with E-state index in [1.54, 1.807) is 24.3 Å². The molecule has 0 atom stereocenters. The molecule has 0 saturated carbocycles. The third kappa shape index (κ3) is 3.53. The number of carboxylic acid groups (broad SMARTS) is 1. The zero-order valence-electron chi connectivity index (χ0n) is 9.74. The number of aromatic nitrogens is 1. The minimum absolute atomic E-state index is 0.317. The first-order chi connectivity index (χ1) is 9.15. The number of nitrogens with zero attached hydrogens (tertiary/aromatic N) is 1. The fourth-order valence-electron chi connectivity index (χ4n) is 1.38. The van der Waals surface area contributed by atoms with Crippen molar-refractivity contribution in [1.82, 2.24) is 5.16 Å². The quantitative estimate of drug-likeness (QED) is 0.818. The van der Waals surface area contributed by atoms with Crippen molar-refractivity contribution < 1.29 is 19.2 Å². The molecule has 6 heteroatoms. The van der Waals surface area contributed by atoms with E-state index in [2.05, 4.69) is 15.0 Å². The average molecular weight is 258 g/mol. The SMILES string of the molecule is O=C(O)C=Cc1ccc(C(=O)Nc2ccon2)cc1. The minimum atomic E-state index is -1.02. The van der Waals surface area contributed by atoms with E-state index in [0.717, 1.165) is 6.08 Å². The Labute approximate surface area is 108 Å². The van der Waals surface area contributed by atoms with E-state index in [0.29, 0.717) is 16.9 Å². The average Bonchev–Trinajstić information content (AvgIpc) is 2.89. The van der Waals surface area contributed by atoms with Gasteiger partial charge in [-0.05, 0) is 23.8 Å². The Bertz CT molecular complexity index is 600. The van der Waals surface area contributed by atoms with E-state index in [-0.39, 0.29) is 5.91 Å². The van der Waals surface area contributed by atoms with E-state index in [1.165, 1.54) is 18.4 Å². The zero-order chi connectivity index (χ0) is 13.7. The molecule has 0 fully saturated rings. The molecule has 0 aliphatic carbocycles. The Morgan fingerprint density at radius 3 is 2.53 bits per heavy atom. The van der Waals surface area contributed by atoms with Crippen LogP contribution in [0.2, 0.25) is 0 Å². The summed E-state index contributed by atoms with van der Waals surface area (Å²) in [5, 5.41) is 14.6. The van der Waals surface area contributed by atoms with Crippen molar-refractivity contribution in [2.45, 2.75) is 0 Å². The summed E-state index contributed by atoms with van der Waals surface area (Å²) in [5.41, 5.74) is 1.14. The number of carboxylic acids is 1. The van der Waals surface area contributed by atoms with Crippen LogP contribution in [-0.2, 0) is 4.79 Å². The van der Waals surface area contributed by atoms with E-state index >= 15 is 0 Å². The predicted molar refractivity (Wildman–Crippen MR) is 67.6 cm³/mol. The fourth-order valence-corrected chi connectivity index (χ4v) is 1.38. The fraction of sp³-hybridized carbons (Fsp3) is 0. The lowest BCUT2D eigenvalue weighted by atomic mass is 10.1. The number of rotatable bonds is 4. The molecule has 1 amide bonds. The van der Waals surface area contributed by atoms with Crippen LogP contribution in [0.4, 0.5) is 5.82 Å². The molecule has 1 heterocycles. The summed E-state index contributed by atoms with van der Waals surface area (Å²) < 4.78 is 4.60. The second-order valence-electron chi connectivity index (χ2n) is 3.63. The summed E-state index contributed by atoms with van der Waals surface area (Å²) in [4.78, 5) is 22.1. The number of hydrogen-bond acceptors (Lipinski definition) is 4. The van der Waals surface area contributed by atoms with E-state index in [4.69, 9.17) is 5.11 Å². The summed E-state index contributed by atoms with van der Waals surface area (Å²) in [7, 11) is 0.